The highest BCUT2D eigenvalue weighted by Gasteiger charge is 2.21. The van der Waals surface area contributed by atoms with Gasteiger partial charge in [-0.15, -0.1) is 0 Å². The van der Waals surface area contributed by atoms with Crippen LogP contribution in [0, 0.1) is 0 Å². The molecular formula is C27H26N2O4S. The quantitative estimate of drug-likeness (QED) is 0.388. The molecule has 0 heterocycles. The molecule has 0 spiro atoms. The Kier molecular flexibility index (Phi) is 7.13. The summed E-state index contributed by atoms with van der Waals surface area (Å²) in [5.41, 5.74) is 2.40. The van der Waals surface area contributed by atoms with Crippen LogP contribution in [0.4, 0.5) is 5.69 Å². The fourth-order valence-corrected chi connectivity index (χ4v) is 4.53. The summed E-state index contributed by atoms with van der Waals surface area (Å²) in [5, 5.41) is 4.98. The van der Waals surface area contributed by atoms with E-state index in [-0.39, 0.29) is 12.5 Å². The van der Waals surface area contributed by atoms with E-state index in [2.05, 4.69) is 5.32 Å². The molecule has 0 radical (unpaired) electrons. The number of amides is 1. The van der Waals surface area contributed by atoms with Crippen molar-refractivity contribution in [3.63, 3.8) is 0 Å². The van der Waals surface area contributed by atoms with E-state index in [1.54, 1.807) is 24.3 Å². The van der Waals surface area contributed by atoms with E-state index in [0.717, 1.165) is 32.5 Å². The molecule has 0 saturated carbocycles. The van der Waals surface area contributed by atoms with Crippen molar-refractivity contribution in [1.82, 2.24) is 5.32 Å². The smallest absolute Gasteiger partial charge is 0.241 e. The predicted octanol–water partition coefficient (Wildman–Crippen LogP) is 4.50. The third-order valence-electron chi connectivity index (χ3n) is 5.42. The topological polar surface area (TPSA) is 75.7 Å². The highest BCUT2D eigenvalue weighted by Crippen LogP contribution is 2.22. The number of anilines is 1. The van der Waals surface area contributed by atoms with Crippen molar-refractivity contribution >= 4 is 32.4 Å². The molecule has 0 aliphatic carbocycles. The first-order valence-corrected chi connectivity index (χ1v) is 12.7. The Bertz CT molecular complexity index is 1370. The number of carbonyl (C=O) groups is 1. The summed E-state index contributed by atoms with van der Waals surface area (Å²) < 4.78 is 31.7. The van der Waals surface area contributed by atoms with E-state index in [1.807, 2.05) is 72.8 Å². The largest absolute Gasteiger partial charge is 0.489 e. The number of hydrogen-bond acceptors (Lipinski definition) is 4. The number of hydrogen-bond donors (Lipinski definition) is 1. The van der Waals surface area contributed by atoms with E-state index >= 15 is 0 Å². The van der Waals surface area contributed by atoms with Gasteiger partial charge >= 0.3 is 0 Å². The fourth-order valence-electron chi connectivity index (χ4n) is 3.68. The third-order valence-corrected chi connectivity index (χ3v) is 6.56. The van der Waals surface area contributed by atoms with Crippen LogP contribution in [-0.4, -0.2) is 27.1 Å². The number of rotatable bonds is 9. The molecule has 0 aromatic heterocycles. The monoisotopic (exact) mass is 474 g/mol. The van der Waals surface area contributed by atoms with Crippen LogP contribution in [0.25, 0.3) is 10.8 Å². The highest BCUT2D eigenvalue weighted by molar-refractivity contribution is 7.92. The summed E-state index contributed by atoms with van der Waals surface area (Å²) in [6.45, 7) is 0.407. The Morgan fingerprint density at radius 1 is 0.853 bits per heavy atom. The van der Waals surface area contributed by atoms with Gasteiger partial charge in [-0.2, -0.15) is 0 Å². The normalized spacial score (nSPS) is 11.2. The molecule has 4 aromatic rings. The number of sulfonamides is 1. The molecule has 6 nitrogen and oxygen atoms in total. The minimum atomic E-state index is -3.67. The summed E-state index contributed by atoms with van der Waals surface area (Å²) in [4.78, 5) is 12.7. The molecular weight excluding hydrogens is 448 g/mol. The summed E-state index contributed by atoms with van der Waals surface area (Å²) in [7, 11) is -3.67. The van der Waals surface area contributed by atoms with E-state index in [9.17, 15) is 13.2 Å². The Morgan fingerprint density at radius 2 is 1.53 bits per heavy atom. The van der Waals surface area contributed by atoms with Gasteiger partial charge in [-0.1, -0.05) is 72.8 Å². The van der Waals surface area contributed by atoms with Gasteiger partial charge in [-0.05, 0) is 46.2 Å². The van der Waals surface area contributed by atoms with Crippen molar-refractivity contribution in [1.29, 1.82) is 0 Å². The van der Waals surface area contributed by atoms with E-state index < -0.39 is 10.0 Å². The number of nitrogens with one attached hydrogen (secondary N) is 1. The second-order valence-corrected chi connectivity index (χ2v) is 9.86. The lowest BCUT2D eigenvalue weighted by Gasteiger charge is -2.22. The Balaban J connectivity index is 1.41. The molecule has 0 bridgehead atoms. The SMILES string of the molecule is CS(=O)(=O)N(CC(=O)NCc1cccc2ccccc12)c1ccc(OCc2ccccc2)cc1. The average Bonchev–Trinajstić information content (AvgIpc) is 2.85. The van der Waals surface area contributed by atoms with Crippen LogP contribution in [-0.2, 0) is 28.0 Å². The molecule has 1 amide bonds. The molecule has 7 heteroatoms. The zero-order valence-electron chi connectivity index (χ0n) is 18.8. The lowest BCUT2D eigenvalue weighted by molar-refractivity contribution is -0.119. The summed E-state index contributed by atoms with van der Waals surface area (Å²) in [5.74, 6) is 0.226. The van der Waals surface area contributed by atoms with Crippen molar-refractivity contribution < 1.29 is 17.9 Å². The minimum Gasteiger partial charge on any atom is -0.489 e. The van der Waals surface area contributed by atoms with Gasteiger partial charge in [0.25, 0.3) is 0 Å². The standard InChI is InChI=1S/C27H26N2O4S/c1-34(31,32)29(24-14-16-25(17-15-24)33-20-21-8-3-2-4-9-21)19-27(30)28-18-23-12-7-11-22-10-5-6-13-26(22)23/h2-17H,18-20H2,1H3,(H,28,30). The maximum Gasteiger partial charge on any atom is 0.241 e. The second kappa shape index (κ2) is 10.4. The van der Waals surface area contributed by atoms with Crippen LogP contribution in [0.15, 0.2) is 97.1 Å². The first kappa shape index (κ1) is 23.3. The van der Waals surface area contributed by atoms with Gasteiger partial charge in [0.15, 0.2) is 0 Å². The molecule has 0 aliphatic heterocycles. The zero-order valence-corrected chi connectivity index (χ0v) is 19.7. The van der Waals surface area contributed by atoms with Gasteiger partial charge in [-0.25, -0.2) is 8.42 Å². The van der Waals surface area contributed by atoms with Crippen LogP contribution in [0.5, 0.6) is 5.75 Å². The second-order valence-electron chi connectivity index (χ2n) is 7.95. The van der Waals surface area contributed by atoms with Gasteiger partial charge in [0.2, 0.25) is 15.9 Å². The number of benzene rings is 4. The maximum absolute atomic E-state index is 12.7. The number of ether oxygens (including phenoxy) is 1. The van der Waals surface area contributed by atoms with Gasteiger partial charge in [-0.3, -0.25) is 9.10 Å². The average molecular weight is 475 g/mol. The van der Waals surface area contributed by atoms with Crippen LogP contribution in [0.1, 0.15) is 11.1 Å². The van der Waals surface area contributed by atoms with E-state index in [1.165, 1.54) is 0 Å². The Morgan fingerprint density at radius 3 is 2.26 bits per heavy atom. The van der Waals surface area contributed by atoms with Gasteiger partial charge in [0.1, 0.15) is 18.9 Å². The first-order chi connectivity index (χ1) is 16.4. The number of fused-ring (bicyclic) bond motifs is 1. The maximum atomic E-state index is 12.7. The molecule has 34 heavy (non-hydrogen) atoms. The van der Waals surface area contributed by atoms with E-state index in [4.69, 9.17) is 4.74 Å². The highest BCUT2D eigenvalue weighted by atomic mass is 32.2. The lowest BCUT2D eigenvalue weighted by Crippen LogP contribution is -2.40. The summed E-state index contributed by atoms with van der Waals surface area (Å²) >= 11 is 0. The zero-order chi connectivity index (χ0) is 24.0. The molecule has 1 N–H and O–H groups in total. The number of carbonyl (C=O) groups excluding carboxylic acids is 1. The molecule has 0 unspecified atom stereocenters. The molecule has 4 rings (SSSR count). The van der Waals surface area contributed by atoms with E-state index in [0.29, 0.717) is 24.6 Å². The van der Waals surface area contributed by atoms with Crippen molar-refractivity contribution in [2.24, 2.45) is 0 Å². The molecule has 0 aliphatic rings. The molecule has 174 valence electrons. The minimum absolute atomic E-state index is 0.310. The Hall–Kier alpha value is -3.84. The summed E-state index contributed by atoms with van der Waals surface area (Å²) in [6.07, 6.45) is 1.09. The lowest BCUT2D eigenvalue weighted by atomic mass is 10.0. The Labute approximate surface area is 199 Å². The molecule has 0 saturated heterocycles. The van der Waals surface area contributed by atoms with Crippen molar-refractivity contribution in [3.05, 3.63) is 108 Å². The fraction of sp³-hybridized carbons (Fsp3) is 0.148. The van der Waals surface area contributed by atoms with Crippen LogP contribution >= 0.6 is 0 Å². The number of nitrogens with zero attached hydrogens (tertiary/aromatic N) is 1. The van der Waals surface area contributed by atoms with Gasteiger partial charge < -0.3 is 10.1 Å². The summed E-state index contributed by atoms with van der Waals surface area (Å²) in [6, 6.07) is 30.3. The molecule has 0 atom stereocenters. The third kappa shape index (κ3) is 5.94. The van der Waals surface area contributed by atoms with Crippen molar-refractivity contribution in [2.45, 2.75) is 13.2 Å². The molecule has 4 aromatic carbocycles. The van der Waals surface area contributed by atoms with Gasteiger partial charge in [0.05, 0.1) is 11.9 Å². The van der Waals surface area contributed by atoms with Crippen LogP contribution in [0.3, 0.4) is 0 Å². The van der Waals surface area contributed by atoms with Crippen molar-refractivity contribution in [3.8, 4) is 5.75 Å². The van der Waals surface area contributed by atoms with Crippen molar-refractivity contribution in [2.75, 3.05) is 17.1 Å². The van der Waals surface area contributed by atoms with Crippen LogP contribution in [0.2, 0.25) is 0 Å². The predicted molar refractivity (Wildman–Crippen MR) is 135 cm³/mol. The first-order valence-electron chi connectivity index (χ1n) is 10.9. The van der Waals surface area contributed by atoms with Crippen LogP contribution < -0.4 is 14.4 Å². The van der Waals surface area contributed by atoms with Gasteiger partial charge in [0, 0.05) is 6.54 Å². The molecule has 0 fully saturated rings.